The lowest BCUT2D eigenvalue weighted by molar-refractivity contribution is -0.376. The van der Waals surface area contributed by atoms with Crippen LogP contribution in [0.15, 0.2) is 103 Å². The van der Waals surface area contributed by atoms with Gasteiger partial charge in [-0.1, -0.05) is 12.1 Å². The third-order valence-electron chi connectivity index (χ3n) is 19.9. The highest BCUT2D eigenvalue weighted by Gasteiger charge is 2.76. The normalized spacial score (nSPS) is 17.1. The van der Waals surface area contributed by atoms with E-state index in [4.69, 9.17) is 0 Å². The summed E-state index contributed by atoms with van der Waals surface area (Å²) in [6.07, 6.45) is -51.4. The van der Waals surface area contributed by atoms with Gasteiger partial charge in [0.1, 0.15) is 5.78 Å². The number of anilines is 6. The fraction of sp³-hybridized carbons (Fsp3) is 0.342. The van der Waals surface area contributed by atoms with Crippen molar-refractivity contribution in [1.29, 1.82) is 0 Å². The second kappa shape index (κ2) is 34.8. The van der Waals surface area contributed by atoms with Crippen molar-refractivity contribution in [3.05, 3.63) is 175 Å². The van der Waals surface area contributed by atoms with Gasteiger partial charge >= 0.3 is 85.2 Å². The number of nitrogens with one attached hydrogen (secondary N) is 6. The molecule has 2 aliphatic rings. The Labute approximate surface area is 675 Å². The van der Waals surface area contributed by atoms with Crippen LogP contribution in [0.4, 0.5) is 139 Å². The molecule has 6 aromatic rings. The summed E-state index contributed by atoms with van der Waals surface area (Å²) in [4.78, 5) is 146. The van der Waals surface area contributed by atoms with Crippen LogP contribution in [-0.2, 0) is 41.4 Å². The Hall–Kier alpha value is -12.8. The van der Waals surface area contributed by atoms with Gasteiger partial charge in [0.15, 0.2) is 11.6 Å². The van der Waals surface area contributed by atoms with Gasteiger partial charge in [-0.25, -0.2) is 19.2 Å². The van der Waals surface area contributed by atoms with Crippen molar-refractivity contribution in [1.82, 2.24) is 0 Å². The van der Waals surface area contributed by atoms with Crippen molar-refractivity contribution < 1.29 is 209 Å². The summed E-state index contributed by atoms with van der Waals surface area (Å²) < 4.78 is 335. The zero-order valence-corrected chi connectivity index (χ0v) is 62.5. The van der Waals surface area contributed by atoms with Crippen molar-refractivity contribution >= 4 is 105 Å². The molecule has 2 fully saturated rings. The fourth-order valence-corrected chi connectivity index (χ4v) is 14.1. The Bertz CT molecular complexity index is 5230. The van der Waals surface area contributed by atoms with Crippen LogP contribution < -0.4 is 31.9 Å². The van der Waals surface area contributed by atoms with Crippen LogP contribution in [0, 0.1) is 35.5 Å². The number of benzene rings is 6. The molecule has 0 aliphatic heterocycles. The first-order chi connectivity index (χ1) is 56.3. The van der Waals surface area contributed by atoms with Crippen molar-refractivity contribution in [3.63, 3.8) is 0 Å². The van der Waals surface area contributed by atoms with Gasteiger partial charge in [-0.2, -0.15) is 105 Å². The van der Waals surface area contributed by atoms with Crippen LogP contribution >= 0.6 is 0 Å². The van der Waals surface area contributed by atoms with E-state index in [9.17, 15) is 209 Å². The molecular formula is C73H58F24N6O21. The number of aliphatic hydroxyl groups is 3. The van der Waals surface area contributed by atoms with E-state index in [1.54, 1.807) is 5.32 Å². The Balaban J connectivity index is 0.000000294. The number of fused-ring (bicyclic) bond motifs is 2. The number of carbonyl (C=O) groups is 12. The summed E-state index contributed by atoms with van der Waals surface area (Å²) in [7, 11) is 3.36. The molecule has 2 aliphatic carbocycles. The molecule has 124 heavy (non-hydrogen) atoms. The number of hydrogen-bond acceptors (Lipinski definition) is 18. The minimum Gasteiger partial charge on any atom is -0.481 e. The predicted molar refractivity (Wildman–Crippen MR) is 372 cm³/mol. The number of carboxylic acids is 6. The van der Waals surface area contributed by atoms with Gasteiger partial charge in [0, 0.05) is 89.0 Å². The summed E-state index contributed by atoms with van der Waals surface area (Å²) in [6.45, 7) is 2.55. The molecule has 3 amide bonds. The number of halogens is 24. The average Bonchev–Trinajstić information content (AvgIpc) is 0.835. The van der Waals surface area contributed by atoms with E-state index in [-0.39, 0.29) is 66.3 Å². The average molecular weight is 1810 g/mol. The highest BCUT2D eigenvalue weighted by molar-refractivity contribution is 6.16. The molecule has 6 atom stereocenters. The third kappa shape index (κ3) is 18.3. The predicted octanol–water partition coefficient (Wildman–Crippen LogP) is 14.0. The number of aliphatic carboxylic acids is 2. The molecule has 6 aromatic carbocycles. The number of ketones is 3. The third-order valence-corrected chi connectivity index (χ3v) is 19.9. The molecule has 0 radical (unpaired) electrons. The molecule has 8 rings (SSSR count). The van der Waals surface area contributed by atoms with Gasteiger partial charge in [-0.3, -0.25) is 38.4 Å². The van der Waals surface area contributed by atoms with Crippen LogP contribution in [0.25, 0.3) is 0 Å². The molecule has 0 saturated heterocycles. The van der Waals surface area contributed by atoms with Gasteiger partial charge in [0.05, 0.1) is 51.1 Å². The van der Waals surface area contributed by atoms with Gasteiger partial charge in [0.25, 0.3) is 28.6 Å². The van der Waals surface area contributed by atoms with Crippen LogP contribution in [0.1, 0.15) is 138 Å². The van der Waals surface area contributed by atoms with E-state index in [0.29, 0.717) is 43.3 Å². The van der Waals surface area contributed by atoms with E-state index in [1.165, 1.54) is 12.4 Å². The minimum absolute atomic E-state index is 0.0394. The Morgan fingerprint density at radius 1 is 0.306 bits per heavy atom. The molecule has 6 unspecified atom stereocenters. The highest BCUT2D eigenvalue weighted by atomic mass is 19.4. The highest BCUT2D eigenvalue weighted by Crippen LogP contribution is 2.62. The van der Waals surface area contributed by atoms with Gasteiger partial charge in [-0.15, -0.1) is 0 Å². The number of hydrogen-bond donors (Lipinski definition) is 15. The number of amides is 3. The minimum atomic E-state index is -6.56. The molecule has 51 heteroatoms. The maximum absolute atomic E-state index is 14.9. The van der Waals surface area contributed by atoms with E-state index >= 15 is 0 Å². The molecular weight excluding hydrogens is 1750 g/mol. The maximum Gasteiger partial charge on any atom is 0.430 e. The number of aromatic carboxylic acids is 4. The number of carboxylic acid groups (broad SMARTS) is 6. The standard InChI is InChI=1S/C30H20F12N2O7.C22H22F6N2O7.C21H16F6N2O7/c1-12(45)18-9-13(3-6-16(18)23(47)48)25(27(31,32)33,28(34,35)36)14-4-7-17(24(49)50)19(10-14)22(46)44-21-8-5-15(43-2)11-20(21)26(51,29(37,38)39)30(40,41)42;1-7(31)13-9-6-10(15(13)18(33)34)16(19(35)36)14(9)17(32)30-12-4-3-8(29-2)5-11(12)20(37,21(23,24)25)22(26,27)28;1-8(30)10-6-11(13(18(34)35)7-12(10)17(32)33)16(31)29-15-4-3-9(28-2)5-14(15)19(36,20(22,23)24)21(25,26)27/h3-11,43,51H,1-2H3,(H,44,46)(H,47,48)(H,49,50);3-5,9-10,13-16,29,37H,6H2,1-2H3,(H,30,32)(H,33,34)(H,35,36);3-7,28,36H,1-2H3,(H,29,31)(H,32,33)(H,34,35). The fourth-order valence-electron chi connectivity index (χ4n) is 14.1. The Morgan fingerprint density at radius 2 is 0.573 bits per heavy atom. The Kier molecular flexibility index (Phi) is 28.1. The Morgan fingerprint density at radius 3 is 0.855 bits per heavy atom. The van der Waals surface area contributed by atoms with Crippen molar-refractivity contribution in [2.24, 2.45) is 35.5 Å². The smallest absolute Gasteiger partial charge is 0.430 e. The molecule has 0 heterocycles. The maximum atomic E-state index is 14.9. The lowest BCUT2D eigenvalue weighted by atomic mass is 9.66. The monoisotopic (exact) mass is 1810 g/mol. The van der Waals surface area contributed by atoms with Crippen molar-refractivity contribution in [2.75, 3.05) is 53.0 Å². The summed E-state index contributed by atoms with van der Waals surface area (Å²) in [5.41, 5.74) is -45.0. The first-order valence-corrected chi connectivity index (χ1v) is 33.8. The zero-order chi connectivity index (χ0) is 95.3. The number of alkyl halides is 24. The molecule has 2 bridgehead atoms. The van der Waals surface area contributed by atoms with Gasteiger partial charge in [-0.05, 0) is 141 Å². The molecule has 2 saturated carbocycles. The van der Waals surface area contributed by atoms with Crippen LogP contribution in [0.5, 0.6) is 0 Å². The number of rotatable bonds is 23. The SMILES string of the molecule is CNc1ccc(NC(=O)C2C3CC(C(C(=O)O)C3C(C)=O)C2C(=O)O)c(C(O)(C(F)(F)F)C(F)(F)F)c1.CNc1ccc(NC(=O)c2cc(C(C)=O)c(C(=O)O)cc2C(=O)O)c(C(O)(C(F)(F)F)C(F)(F)F)c1.CNc1ccc(NC(=O)c2cc(C(c3ccc(C(=O)O)c(C(C)=O)c3)(C(F)(F)F)C(F)(F)F)ccc2C(=O)O)c(C(O)(C(F)(F)F)C(F)(F)F)c1. The number of Topliss-reactive ketones (excluding diaryl/α,β-unsaturated/α-hetero) is 3. The second-order valence-corrected chi connectivity index (χ2v) is 27.0. The first-order valence-electron chi connectivity index (χ1n) is 33.8. The number of carbonyl (C=O) groups excluding carboxylic acids is 6. The molecule has 674 valence electrons. The lowest BCUT2D eigenvalue weighted by Crippen LogP contribution is -2.55. The summed E-state index contributed by atoms with van der Waals surface area (Å²) in [6, 6.07) is 5.97. The zero-order valence-electron chi connectivity index (χ0n) is 62.5. The van der Waals surface area contributed by atoms with E-state index in [1.807, 2.05) is 5.32 Å². The first kappa shape index (κ1) is 100.0. The summed E-state index contributed by atoms with van der Waals surface area (Å²) >= 11 is 0. The molecule has 27 nitrogen and oxygen atoms in total. The van der Waals surface area contributed by atoms with E-state index in [2.05, 4.69) is 16.0 Å². The quantitative estimate of drug-likeness (QED) is 0.0209. The molecule has 0 spiro atoms. The largest absolute Gasteiger partial charge is 0.481 e. The van der Waals surface area contributed by atoms with Crippen LogP contribution in [0.2, 0.25) is 0 Å². The van der Waals surface area contributed by atoms with E-state index in [0.717, 1.165) is 46.1 Å². The summed E-state index contributed by atoms with van der Waals surface area (Å²) in [5.74, 6) is -27.0. The van der Waals surface area contributed by atoms with Crippen LogP contribution in [-0.4, -0.2) is 187 Å². The molecule has 15 N–H and O–H groups in total. The lowest BCUT2D eigenvalue weighted by Gasteiger charge is -2.38. The van der Waals surface area contributed by atoms with Crippen molar-refractivity contribution in [3.8, 4) is 0 Å². The summed E-state index contributed by atoms with van der Waals surface area (Å²) in [5, 5.41) is 98.3. The van der Waals surface area contributed by atoms with Gasteiger partial charge in [0.2, 0.25) is 11.3 Å². The van der Waals surface area contributed by atoms with Crippen molar-refractivity contribution in [2.45, 2.75) is 98.8 Å². The topological polar surface area (TPSA) is 459 Å². The van der Waals surface area contributed by atoms with E-state index < -0.39 is 273 Å². The van der Waals surface area contributed by atoms with Crippen LogP contribution in [0.3, 0.4) is 0 Å². The second-order valence-electron chi connectivity index (χ2n) is 27.0. The van der Waals surface area contributed by atoms with Gasteiger partial charge < -0.3 is 77.9 Å². The molecule has 0 aromatic heterocycles.